The van der Waals surface area contributed by atoms with E-state index in [-0.39, 0.29) is 23.9 Å². The summed E-state index contributed by atoms with van der Waals surface area (Å²) in [6, 6.07) is 15.7. The normalized spacial score (nSPS) is 10.4. The van der Waals surface area contributed by atoms with Crippen molar-refractivity contribution in [2.24, 2.45) is 0 Å². The van der Waals surface area contributed by atoms with Crippen LogP contribution in [0.4, 0.5) is 5.69 Å². The maximum atomic E-state index is 12.6. The summed E-state index contributed by atoms with van der Waals surface area (Å²) in [4.78, 5) is 24.8. The Hall–Kier alpha value is -3.12. The lowest BCUT2D eigenvalue weighted by Gasteiger charge is -2.09. The van der Waals surface area contributed by atoms with Gasteiger partial charge in [-0.15, -0.1) is 0 Å². The minimum atomic E-state index is -0.610. The van der Waals surface area contributed by atoms with Crippen molar-refractivity contribution >= 4 is 29.2 Å². The van der Waals surface area contributed by atoms with Gasteiger partial charge in [0, 0.05) is 11.1 Å². The largest absolute Gasteiger partial charge is 0.461 e. The maximum Gasteiger partial charge on any atom is 0.358 e. The summed E-state index contributed by atoms with van der Waals surface area (Å²) in [6.07, 6.45) is 0. The molecule has 0 fully saturated rings. The number of esters is 1. The van der Waals surface area contributed by atoms with E-state index in [1.165, 1.54) is 0 Å². The second kappa shape index (κ2) is 7.84. The van der Waals surface area contributed by atoms with Crippen molar-refractivity contribution in [3.63, 3.8) is 0 Å². The fourth-order valence-corrected chi connectivity index (χ4v) is 2.66. The first kappa shape index (κ1) is 17.7. The molecule has 0 aliphatic heterocycles. The zero-order valence-corrected chi connectivity index (χ0v) is 14.7. The van der Waals surface area contributed by atoms with Gasteiger partial charge < -0.3 is 10.1 Å². The zero-order chi connectivity index (χ0) is 18.5. The molecule has 6 nitrogen and oxygen atoms in total. The molecule has 0 saturated carbocycles. The third kappa shape index (κ3) is 3.60. The molecule has 1 heterocycles. The second-order valence-electron chi connectivity index (χ2n) is 5.34. The number of hydrogen-bond acceptors (Lipinski definition) is 4. The molecule has 1 amide bonds. The number of carbonyl (C=O) groups excluding carboxylic acids is 2. The summed E-state index contributed by atoms with van der Waals surface area (Å²) in [5, 5.41) is 10.0. The molecule has 0 aliphatic rings. The van der Waals surface area contributed by atoms with Crippen molar-refractivity contribution in [1.82, 2.24) is 10.2 Å². The molecule has 3 aromatic rings. The fraction of sp³-hybridized carbons (Fsp3) is 0.105. The van der Waals surface area contributed by atoms with Crippen LogP contribution in [0.5, 0.6) is 0 Å². The van der Waals surface area contributed by atoms with Gasteiger partial charge in [-0.05, 0) is 25.1 Å². The van der Waals surface area contributed by atoms with E-state index in [1.807, 2.05) is 6.07 Å². The van der Waals surface area contributed by atoms with Crippen LogP contribution in [0.1, 0.15) is 27.8 Å². The zero-order valence-electron chi connectivity index (χ0n) is 14.0. The molecule has 0 radical (unpaired) electrons. The Morgan fingerprint density at radius 3 is 2.50 bits per heavy atom. The number of aromatic nitrogens is 2. The number of halogens is 1. The number of nitrogens with one attached hydrogen (secondary N) is 2. The van der Waals surface area contributed by atoms with Crippen LogP contribution in [0.15, 0.2) is 54.6 Å². The summed E-state index contributed by atoms with van der Waals surface area (Å²) >= 11 is 6.25. The Labute approximate surface area is 155 Å². The molecule has 0 saturated heterocycles. The van der Waals surface area contributed by atoms with Crippen LogP contribution in [0, 0.1) is 0 Å². The number of carbonyl (C=O) groups is 2. The monoisotopic (exact) mass is 369 g/mol. The van der Waals surface area contributed by atoms with Gasteiger partial charge >= 0.3 is 5.97 Å². The van der Waals surface area contributed by atoms with Crippen molar-refractivity contribution < 1.29 is 14.3 Å². The third-order valence-electron chi connectivity index (χ3n) is 3.65. The summed E-state index contributed by atoms with van der Waals surface area (Å²) in [7, 11) is 0. The lowest BCUT2D eigenvalue weighted by atomic mass is 10.1. The van der Waals surface area contributed by atoms with Crippen LogP contribution in [-0.2, 0) is 4.74 Å². The number of ether oxygens (including phenoxy) is 1. The minimum absolute atomic E-state index is 0.0612. The smallest absolute Gasteiger partial charge is 0.358 e. The molecule has 0 spiro atoms. The lowest BCUT2D eigenvalue weighted by Crippen LogP contribution is -2.15. The van der Waals surface area contributed by atoms with Crippen molar-refractivity contribution in [1.29, 1.82) is 0 Å². The summed E-state index contributed by atoms with van der Waals surface area (Å²) < 4.78 is 5.04. The van der Waals surface area contributed by atoms with E-state index >= 15 is 0 Å². The Morgan fingerprint density at radius 1 is 1.12 bits per heavy atom. The molecule has 1 aromatic heterocycles. The van der Waals surface area contributed by atoms with E-state index in [4.69, 9.17) is 16.3 Å². The minimum Gasteiger partial charge on any atom is -0.461 e. The third-order valence-corrected chi connectivity index (χ3v) is 3.98. The number of hydrogen-bond donors (Lipinski definition) is 2. The number of nitrogens with zero attached hydrogens (tertiary/aromatic N) is 1. The molecule has 0 bridgehead atoms. The van der Waals surface area contributed by atoms with Gasteiger partial charge in [-0.3, -0.25) is 9.89 Å². The van der Waals surface area contributed by atoms with Gasteiger partial charge in [0.1, 0.15) is 11.4 Å². The SMILES string of the molecule is CCOC(=O)c1[nH]nc(-c2ccccc2Cl)c1NC(=O)c1ccccc1. The molecule has 0 unspecified atom stereocenters. The van der Waals surface area contributed by atoms with E-state index in [1.54, 1.807) is 55.5 Å². The van der Waals surface area contributed by atoms with Crippen molar-refractivity contribution in [3.8, 4) is 11.3 Å². The molecule has 7 heteroatoms. The number of anilines is 1. The molecular weight excluding hydrogens is 354 g/mol. The predicted octanol–water partition coefficient (Wildman–Crippen LogP) is 4.16. The number of benzene rings is 2. The van der Waals surface area contributed by atoms with Crippen LogP contribution in [0.3, 0.4) is 0 Å². The Kier molecular flexibility index (Phi) is 5.34. The van der Waals surface area contributed by atoms with Crippen LogP contribution in [0.25, 0.3) is 11.3 Å². The van der Waals surface area contributed by atoms with E-state index in [0.717, 1.165) is 0 Å². The standard InChI is InChI=1S/C19H16ClN3O3/c1-2-26-19(25)17-16(21-18(24)12-8-4-3-5-9-12)15(22-23-17)13-10-6-7-11-14(13)20/h3-11H,2H2,1H3,(H,21,24)(H,22,23). The Balaban J connectivity index is 2.05. The summed E-state index contributed by atoms with van der Waals surface area (Å²) in [6.45, 7) is 1.90. The quantitative estimate of drug-likeness (QED) is 0.661. The number of amides is 1. The lowest BCUT2D eigenvalue weighted by molar-refractivity contribution is 0.0520. The molecular formula is C19H16ClN3O3. The summed E-state index contributed by atoms with van der Waals surface area (Å²) in [5.74, 6) is -0.979. The van der Waals surface area contributed by atoms with Gasteiger partial charge in [-0.25, -0.2) is 4.79 Å². The van der Waals surface area contributed by atoms with Crippen LogP contribution < -0.4 is 5.32 Å². The second-order valence-corrected chi connectivity index (χ2v) is 5.75. The van der Waals surface area contributed by atoms with E-state index in [0.29, 0.717) is 21.8 Å². The average molecular weight is 370 g/mol. The van der Waals surface area contributed by atoms with E-state index in [9.17, 15) is 9.59 Å². The summed E-state index contributed by atoms with van der Waals surface area (Å²) in [5.41, 5.74) is 1.69. The Bertz CT molecular complexity index is 938. The van der Waals surface area contributed by atoms with E-state index < -0.39 is 5.97 Å². The first-order valence-electron chi connectivity index (χ1n) is 7.98. The number of H-pyrrole nitrogens is 1. The van der Waals surface area contributed by atoms with Crippen molar-refractivity contribution in [2.45, 2.75) is 6.92 Å². The molecule has 26 heavy (non-hydrogen) atoms. The number of rotatable bonds is 5. The molecule has 132 valence electrons. The first-order valence-corrected chi connectivity index (χ1v) is 8.36. The maximum absolute atomic E-state index is 12.6. The molecule has 0 atom stereocenters. The molecule has 0 aliphatic carbocycles. The molecule has 3 rings (SSSR count). The van der Waals surface area contributed by atoms with Crippen LogP contribution in [-0.4, -0.2) is 28.7 Å². The average Bonchev–Trinajstić information content (AvgIpc) is 3.06. The fourth-order valence-electron chi connectivity index (χ4n) is 2.44. The highest BCUT2D eigenvalue weighted by Gasteiger charge is 2.24. The predicted molar refractivity (Wildman–Crippen MR) is 99.4 cm³/mol. The highest BCUT2D eigenvalue weighted by molar-refractivity contribution is 6.33. The molecule has 2 aromatic carbocycles. The van der Waals surface area contributed by atoms with Crippen molar-refractivity contribution in [3.05, 3.63) is 70.9 Å². The van der Waals surface area contributed by atoms with Crippen molar-refractivity contribution in [2.75, 3.05) is 11.9 Å². The highest BCUT2D eigenvalue weighted by atomic mass is 35.5. The van der Waals surface area contributed by atoms with Crippen LogP contribution >= 0.6 is 11.6 Å². The Morgan fingerprint density at radius 2 is 1.81 bits per heavy atom. The van der Waals surface area contributed by atoms with Gasteiger partial charge in [-0.2, -0.15) is 5.10 Å². The first-order chi connectivity index (χ1) is 12.6. The van der Waals surface area contributed by atoms with Gasteiger partial charge in [0.25, 0.3) is 5.91 Å². The van der Waals surface area contributed by atoms with Gasteiger partial charge in [0.05, 0.1) is 11.6 Å². The van der Waals surface area contributed by atoms with Crippen LogP contribution in [0.2, 0.25) is 5.02 Å². The highest BCUT2D eigenvalue weighted by Crippen LogP contribution is 2.34. The van der Waals surface area contributed by atoms with Gasteiger partial charge in [0.15, 0.2) is 5.69 Å². The van der Waals surface area contributed by atoms with Gasteiger partial charge in [-0.1, -0.05) is 48.0 Å². The topological polar surface area (TPSA) is 84.1 Å². The van der Waals surface area contributed by atoms with E-state index in [2.05, 4.69) is 15.5 Å². The number of aromatic amines is 1. The van der Waals surface area contributed by atoms with Gasteiger partial charge in [0.2, 0.25) is 0 Å². The molecule has 2 N–H and O–H groups in total.